The van der Waals surface area contributed by atoms with Gasteiger partial charge in [0.15, 0.2) is 6.61 Å². The predicted octanol–water partition coefficient (Wildman–Crippen LogP) is 3.26. The van der Waals surface area contributed by atoms with Crippen LogP contribution >= 0.6 is 23.2 Å². The minimum Gasteiger partial charge on any atom is -0.482 e. The van der Waals surface area contributed by atoms with Crippen molar-refractivity contribution in [3.63, 3.8) is 0 Å². The molecule has 1 N–H and O–H groups in total. The summed E-state index contributed by atoms with van der Waals surface area (Å²) in [5.74, 6) is -0.220. The van der Waals surface area contributed by atoms with E-state index in [9.17, 15) is 13.2 Å². The van der Waals surface area contributed by atoms with Crippen molar-refractivity contribution < 1.29 is 17.9 Å². The van der Waals surface area contributed by atoms with Crippen LogP contribution in [0.5, 0.6) is 5.75 Å². The number of ether oxygens (including phenoxy) is 1. The molecule has 0 saturated carbocycles. The van der Waals surface area contributed by atoms with Crippen LogP contribution in [0, 0.1) is 0 Å². The van der Waals surface area contributed by atoms with E-state index >= 15 is 0 Å². The number of nitrogens with one attached hydrogen (secondary N) is 1. The molecule has 25 heavy (non-hydrogen) atoms. The van der Waals surface area contributed by atoms with Gasteiger partial charge >= 0.3 is 0 Å². The van der Waals surface area contributed by atoms with Gasteiger partial charge in [-0.05, 0) is 30.3 Å². The summed E-state index contributed by atoms with van der Waals surface area (Å²) in [6, 6.07) is 10.8. The Bertz CT molecular complexity index is 885. The van der Waals surface area contributed by atoms with Crippen molar-refractivity contribution in [3.05, 3.63) is 52.5 Å². The number of carbonyl (C=O) groups is 1. The molecule has 0 spiro atoms. The van der Waals surface area contributed by atoms with E-state index in [1.54, 1.807) is 24.3 Å². The van der Waals surface area contributed by atoms with Gasteiger partial charge in [0, 0.05) is 14.1 Å². The van der Waals surface area contributed by atoms with Crippen LogP contribution in [0.2, 0.25) is 10.0 Å². The number of nitrogens with zero attached hydrogens (tertiary/aromatic N) is 1. The van der Waals surface area contributed by atoms with Gasteiger partial charge in [-0.1, -0.05) is 35.3 Å². The van der Waals surface area contributed by atoms with Crippen LogP contribution in [0.3, 0.4) is 0 Å². The Morgan fingerprint density at radius 1 is 1.12 bits per heavy atom. The van der Waals surface area contributed by atoms with Crippen LogP contribution in [-0.2, 0) is 14.8 Å². The number of rotatable bonds is 6. The first-order valence-corrected chi connectivity index (χ1v) is 9.30. The van der Waals surface area contributed by atoms with E-state index in [1.807, 2.05) is 0 Å². The highest BCUT2D eigenvalue weighted by Gasteiger charge is 2.19. The van der Waals surface area contributed by atoms with Gasteiger partial charge in [-0.3, -0.25) is 4.79 Å². The highest BCUT2D eigenvalue weighted by Crippen LogP contribution is 2.28. The van der Waals surface area contributed by atoms with Gasteiger partial charge in [-0.15, -0.1) is 0 Å². The lowest BCUT2D eigenvalue weighted by Crippen LogP contribution is -2.22. The van der Waals surface area contributed by atoms with E-state index in [-0.39, 0.29) is 22.3 Å². The van der Waals surface area contributed by atoms with Gasteiger partial charge < -0.3 is 10.1 Å². The molecule has 134 valence electrons. The Morgan fingerprint density at radius 3 is 2.40 bits per heavy atom. The fourth-order valence-corrected chi connectivity index (χ4v) is 3.27. The zero-order chi connectivity index (χ0) is 18.6. The SMILES string of the molecule is CN(C)S(=O)(=O)c1ccc(OCC(=O)Nc2ccccc2Cl)c(Cl)c1. The summed E-state index contributed by atoms with van der Waals surface area (Å²) in [5, 5.41) is 3.11. The van der Waals surface area contributed by atoms with E-state index < -0.39 is 15.9 Å². The summed E-state index contributed by atoms with van der Waals surface area (Å²) in [6.07, 6.45) is 0. The Kier molecular flexibility index (Phi) is 6.29. The summed E-state index contributed by atoms with van der Waals surface area (Å²) in [4.78, 5) is 12.0. The molecule has 0 aliphatic carbocycles. The molecule has 2 aromatic carbocycles. The van der Waals surface area contributed by atoms with Gasteiger partial charge in [-0.25, -0.2) is 12.7 Å². The molecule has 0 aliphatic heterocycles. The highest BCUT2D eigenvalue weighted by atomic mass is 35.5. The maximum Gasteiger partial charge on any atom is 0.262 e. The maximum atomic E-state index is 12.0. The van der Waals surface area contributed by atoms with Crippen molar-refractivity contribution >= 4 is 44.8 Å². The summed E-state index contributed by atoms with van der Waals surface area (Å²) >= 11 is 12.0. The number of sulfonamides is 1. The van der Waals surface area contributed by atoms with Crippen molar-refractivity contribution in [3.8, 4) is 5.75 Å². The summed E-state index contributed by atoms with van der Waals surface area (Å²) in [5.41, 5.74) is 0.469. The second-order valence-corrected chi connectivity index (χ2v) is 8.16. The molecule has 0 unspecified atom stereocenters. The average molecular weight is 403 g/mol. The third kappa shape index (κ3) is 4.85. The molecular weight excluding hydrogens is 387 g/mol. The zero-order valence-corrected chi connectivity index (χ0v) is 15.8. The van der Waals surface area contributed by atoms with E-state index in [1.165, 1.54) is 32.3 Å². The zero-order valence-electron chi connectivity index (χ0n) is 13.5. The summed E-state index contributed by atoms with van der Waals surface area (Å²) in [6.45, 7) is -0.301. The molecule has 0 radical (unpaired) electrons. The molecule has 6 nitrogen and oxygen atoms in total. The van der Waals surface area contributed by atoms with E-state index in [2.05, 4.69) is 5.32 Å². The number of para-hydroxylation sites is 1. The van der Waals surface area contributed by atoms with Crippen molar-refractivity contribution in [2.75, 3.05) is 26.0 Å². The lowest BCUT2D eigenvalue weighted by Gasteiger charge is -2.13. The van der Waals surface area contributed by atoms with Gasteiger partial charge in [0.05, 0.1) is 20.6 Å². The van der Waals surface area contributed by atoms with Crippen LogP contribution < -0.4 is 10.1 Å². The van der Waals surface area contributed by atoms with E-state index in [4.69, 9.17) is 27.9 Å². The second-order valence-electron chi connectivity index (χ2n) is 5.20. The van der Waals surface area contributed by atoms with Crippen LogP contribution in [0.4, 0.5) is 5.69 Å². The first kappa shape index (κ1) is 19.5. The molecule has 0 atom stereocenters. The Hall–Kier alpha value is -1.80. The topological polar surface area (TPSA) is 75.7 Å². The van der Waals surface area contributed by atoms with Crippen molar-refractivity contribution in [2.45, 2.75) is 4.90 Å². The normalized spacial score (nSPS) is 11.4. The summed E-state index contributed by atoms with van der Waals surface area (Å²) < 4.78 is 30.5. The first-order chi connectivity index (χ1) is 11.7. The summed E-state index contributed by atoms with van der Waals surface area (Å²) in [7, 11) is -0.747. The fourth-order valence-electron chi connectivity index (χ4n) is 1.86. The molecule has 2 aromatic rings. The molecule has 2 rings (SSSR count). The van der Waals surface area contributed by atoms with Crippen LogP contribution in [-0.4, -0.2) is 39.3 Å². The third-order valence-electron chi connectivity index (χ3n) is 3.19. The number of hydrogen-bond acceptors (Lipinski definition) is 4. The Morgan fingerprint density at radius 2 is 1.80 bits per heavy atom. The number of halogens is 2. The minimum absolute atomic E-state index is 0.0374. The molecule has 9 heteroatoms. The van der Waals surface area contributed by atoms with Crippen molar-refractivity contribution in [1.82, 2.24) is 4.31 Å². The van der Waals surface area contributed by atoms with Crippen LogP contribution in [0.15, 0.2) is 47.4 Å². The molecule has 0 heterocycles. The molecular formula is C16H16Cl2N2O4S. The Labute approximate surface area is 156 Å². The number of benzene rings is 2. The quantitative estimate of drug-likeness (QED) is 0.804. The largest absolute Gasteiger partial charge is 0.482 e. The number of carbonyl (C=O) groups excluding carboxylic acids is 1. The number of anilines is 1. The molecule has 0 aromatic heterocycles. The molecule has 1 amide bonds. The molecule has 0 saturated heterocycles. The maximum absolute atomic E-state index is 12.0. The number of amides is 1. The smallest absolute Gasteiger partial charge is 0.262 e. The highest BCUT2D eigenvalue weighted by molar-refractivity contribution is 7.89. The van der Waals surface area contributed by atoms with Crippen LogP contribution in [0.1, 0.15) is 0 Å². The van der Waals surface area contributed by atoms with E-state index in [0.717, 1.165) is 4.31 Å². The monoisotopic (exact) mass is 402 g/mol. The van der Waals surface area contributed by atoms with Crippen LogP contribution in [0.25, 0.3) is 0 Å². The van der Waals surface area contributed by atoms with Gasteiger partial charge in [0.25, 0.3) is 5.91 Å². The number of hydrogen-bond donors (Lipinski definition) is 1. The molecule has 0 bridgehead atoms. The lowest BCUT2D eigenvalue weighted by molar-refractivity contribution is -0.118. The van der Waals surface area contributed by atoms with Crippen molar-refractivity contribution in [2.24, 2.45) is 0 Å². The Balaban J connectivity index is 2.04. The average Bonchev–Trinajstić information content (AvgIpc) is 2.55. The van der Waals surface area contributed by atoms with Crippen molar-refractivity contribution in [1.29, 1.82) is 0 Å². The van der Waals surface area contributed by atoms with Gasteiger partial charge in [0.1, 0.15) is 5.75 Å². The predicted molar refractivity (Wildman–Crippen MR) is 97.9 cm³/mol. The van der Waals surface area contributed by atoms with Gasteiger partial charge in [-0.2, -0.15) is 0 Å². The van der Waals surface area contributed by atoms with E-state index in [0.29, 0.717) is 10.7 Å². The lowest BCUT2D eigenvalue weighted by atomic mass is 10.3. The standard InChI is InChI=1S/C16H16Cl2N2O4S/c1-20(2)25(22,23)11-7-8-15(13(18)9-11)24-10-16(21)19-14-6-4-3-5-12(14)17/h3-9H,10H2,1-2H3,(H,19,21). The van der Waals surface area contributed by atoms with Gasteiger partial charge in [0.2, 0.25) is 10.0 Å². The molecule has 0 aliphatic rings. The first-order valence-electron chi connectivity index (χ1n) is 7.11. The fraction of sp³-hybridized carbons (Fsp3) is 0.188. The second kappa shape index (κ2) is 8.05. The molecule has 0 fully saturated rings. The third-order valence-corrected chi connectivity index (χ3v) is 5.62. The minimum atomic E-state index is -3.59.